The summed E-state index contributed by atoms with van der Waals surface area (Å²) in [7, 11) is 1.54. The Morgan fingerprint density at radius 2 is 1.69 bits per heavy atom. The molecule has 5 rings (SSSR count). The maximum Gasteiger partial charge on any atom is 0.145 e. The second-order valence-corrected chi connectivity index (χ2v) is 10.5. The van der Waals surface area contributed by atoms with Gasteiger partial charge in [-0.3, -0.25) is 4.40 Å². The van der Waals surface area contributed by atoms with Crippen LogP contribution < -0.4 is 4.74 Å². The van der Waals surface area contributed by atoms with Gasteiger partial charge in [0, 0.05) is 28.5 Å². The van der Waals surface area contributed by atoms with Crippen molar-refractivity contribution < 1.29 is 13.0 Å². The Kier molecular flexibility index (Phi) is 6.19. The number of halogens is 2. The summed E-state index contributed by atoms with van der Waals surface area (Å²) in [6, 6.07) is 13.3. The molecule has 36 heavy (non-hydrogen) atoms. The van der Waals surface area contributed by atoms with Crippen LogP contribution in [0.25, 0.3) is 38.6 Å². The molecule has 0 radical (unpaired) electrons. The van der Waals surface area contributed by atoms with Gasteiger partial charge >= 0.3 is 0 Å². The van der Waals surface area contributed by atoms with E-state index in [-0.39, 0.29) is 5.82 Å². The van der Waals surface area contributed by atoms with Crippen molar-refractivity contribution in [3.8, 4) is 17.0 Å². The highest BCUT2D eigenvalue weighted by Crippen LogP contribution is 2.48. The lowest BCUT2D eigenvalue weighted by atomic mass is 9.88. The van der Waals surface area contributed by atoms with Crippen molar-refractivity contribution in [3.63, 3.8) is 0 Å². The fourth-order valence-electron chi connectivity index (χ4n) is 5.82. The minimum absolute atomic E-state index is 0.368. The average Bonchev–Trinajstić information content (AvgIpc) is 3.29. The number of methoxy groups -OCH3 is 1. The van der Waals surface area contributed by atoms with E-state index in [1.165, 1.54) is 18.7 Å². The number of imidazole rings is 1. The zero-order valence-electron chi connectivity index (χ0n) is 21.5. The highest BCUT2D eigenvalue weighted by molar-refractivity contribution is 7.95. The lowest BCUT2D eigenvalue weighted by molar-refractivity contribution is 0.412. The van der Waals surface area contributed by atoms with Gasteiger partial charge < -0.3 is 4.74 Å². The molecule has 0 aliphatic carbocycles. The summed E-state index contributed by atoms with van der Waals surface area (Å²) in [5.41, 5.74) is 7.57. The molecule has 3 nitrogen and oxygen atoms in total. The molecule has 0 bridgehead atoms. The van der Waals surface area contributed by atoms with Gasteiger partial charge in [-0.25, -0.2) is 9.37 Å². The highest BCUT2D eigenvalue weighted by Gasteiger charge is 2.34. The molecule has 0 saturated heterocycles. The molecule has 0 saturated carbocycles. The lowest BCUT2D eigenvalue weighted by Gasteiger charge is -2.29. The van der Waals surface area contributed by atoms with Gasteiger partial charge in [0.05, 0.1) is 41.4 Å². The Bertz CT molecular complexity index is 1600. The SMILES string of the molecule is CCC(CC)(SF)c1cccc2c3c(F)cc(OC)cc3n3c(-c4c(C)cc(C)cc4C)cnc3c12. The van der Waals surface area contributed by atoms with Crippen LogP contribution in [-0.4, -0.2) is 16.5 Å². The molecule has 0 atom stereocenters. The monoisotopic (exact) mass is 504 g/mol. The minimum Gasteiger partial charge on any atom is -0.497 e. The van der Waals surface area contributed by atoms with Crippen LogP contribution in [-0.2, 0) is 4.75 Å². The van der Waals surface area contributed by atoms with Crippen molar-refractivity contribution in [1.82, 2.24) is 9.38 Å². The predicted octanol–water partition coefficient (Wildman–Crippen LogP) is 9.01. The largest absolute Gasteiger partial charge is 0.497 e. The van der Waals surface area contributed by atoms with E-state index >= 15 is 4.39 Å². The topological polar surface area (TPSA) is 26.5 Å². The number of rotatable bonds is 6. The molecule has 0 amide bonds. The standard InChI is InChI=1S/C30H30F2N2OS/c1-7-30(8-2,36-32)22-11-9-10-21-27(22)29-33-16-25(26-18(4)12-17(3)13-19(26)5)34(29)24-15-20(35-6)14-23(31)28(21)24/h9-16H,7-8H2,1-6H3. The first-order valence-corrected chi connectivity index (χ1v) is 13.0. The smallest absolute Gasteiger partial charge is 0.145 e. The zero-order chi connectivity index (χ0) is 25.8. The van der Waals surface area contributed by atoms with E-state index in [2.05, 4.69) is 32.9 Å². The van der Waals surface area contributed by atoms with Crippen LogP contribution in [0.1, 0.15) is 48.9 Å². The summed E-state index contributed by atoms with van der Waals surface area (Å²) in [6.07, 6.45) is 3.06. The average molecular weight is 505 g/mol. The molecule has 0 aliphatic rings. The Balaban J connectivity index is 2.07. The van der Waals surface area contributed by atoms with Gasteiger partial charge in [-0.15, -0.1) is 0 Å². The Morgan fingerprint density at radius 1 is 1.00 bits per heavy atom. The van der Waals surface area contributed by atoms with Crippen molar-refractivity contribution in [3.05, 3.63) is 76.7 Å². The zero-order valence-corrected chi connectivity index (χ0v) is 22.3. The molecule has 6 heteroatoms. The molecule has 2 aromatic heterocycles. The second kappa shape index (κ2) is 9.07. The first-order valence-electron chi connectivity index (χ1n) is 12.3. The van der Waals surface area contributed by atoms with Gasteiger partial charge in [-0.05, 0) is 55.7 Å². The van der Waals surface area contributed by atoms with E-state index in [1.807, 2.05) is 48.7 Å². The summed E-state index contributed by atoms with van der Waals surface area (Å²) in [4.78, 5) is 4.91. The Morgan fingerprint density at radius 3 is 2.31 bits per heavy atom. The predicted molar refractivity (Wildman–Crippen MR) is 147 cm³/mol. The van der Waals surface area contributed by atoms with Gasteiger partial charge in [-0.2, -0.15) is 3.89 Å². The molecule has 0 spiro atoms. The number of nitrogens with zero attached hydrogens (tertiary/aromatic N) is 2. The van der Waals surface area contributed by atoms with Crippen molar-refractivity contribution in [1.29, 1.82) is 0 Å². The van der Waals surface area contributed by atoms with Crippen molar-refractivity contribution in [2.24, 2.45) is 0 Å². The van der Waals surface area contributed by atoms with Gasteiger partial charge in [0.15, 0.2) is 0 Å². The van der Waals surface area contributed by atoms with Crippen LogP contribution in [0.3, 0.4) is 0 Å². The van der Waals surface area contributed by atoms with E-state index in [0.717, 1.165) is 38.7 Å². The summed E-state index contributed by atoms with van der Waals surface area (Å²) < 4.78 is 37.2. The van der Waals surface area contributed by atoms with Crippen molar-refractivity contribution in [2.75, 3.05) is 7.11 Å². The van der Waals surface area contributed by atoms with Crippen LogP contribution >= 0.6 is 12.1 Å². The number of ether oxygens (including phenoxy) is 1. The molecule has 2 heterocycles. The van der Waals surface area contributed by atoms with Gasteiger partial charge in [-0.1, -0.05) is 49.7 Å². The maximum absolute atomic E-state index is 15.8. The molecular formula is C30H30F2N2OS. The lowest BCUT2D eigenvalue weighted by Crippen LogP contribution is -2.19. The van der Waals surface area contributed by atoms with Crippen LogP contribution in [0.5, 0.6) is 5.75 Å². The van der Waals surface area contributed by atoms with E-state index < -0.39 is 4.75 Å². The highest BCUT2D eigenvalue weighted by atomic mass is 32.2. The maximum atomic E-state index is 15.8. The summed E-state index contributed by atoms with van der Waals surface area (Å²) in [5.74, 6) is 0.0569. The molecule has 0 fully saturated rings. The number of hydrogen-bond donors (Lipinski definition) is 0. The number of hydrogen-bond acceptors (Lipinski definition) is 3. The number of aromatic nitrogens is 2. The summed E-state index contributed by atoms with van der Waals surface area (Å²) in [6.45, 7) is 10.2. The van der Waals surface area contributed by atoms with Gasteiger partial charge in [0.1, 0.15) is 17.2 Å². The van der Waals surface area contributed by atoms with Crippen molar-refractivity contribution >= 4 is 39.5 Å². The quantitative estimate of drug-likeness (QED) is 0.216. The third kappa shape index (κ3) is 3.49. The number of pyridine rings is 1. The molecule has 0 unspecified atom stereocenters. The third-order valence-electron chi connectivity index (χ3n) is 7.55. The molecule has 0 N–H and O–H groups in total. The van der Waals surface area contributed by atoms with Crippen LogP contribution in [0.2, 0.25) is 0 Å². The normalized spacial score (nSPS) is 12.2. The summed E-state index contributed by atoms with van der Waals surface area (Å²) in [5, 5.41) is 1.99. The Labute approximate surface area is 214 Å². The molecule has 0 aliphatic heterocycles. The van der Waals surface area contributed by atoms with E-state index in [9.17, 15) is 3.89 Å². The molecule has 186 valence electrons. The fourth-order valence-corrected chi connectivity index (χ4v) is 6.30. The van der Waals surface area contributed by atoms with Crippen LogP contribution in [0.4, 0.5) is 8.28 Å². The Hall–Kier alpha value is -3.12. The molecule has 5 aromatic rings. The molecular weight excluding hydrogens is 474 g/mol. The van der Waals surface area contributed by atoms with E-state index in [1.54, 1.807) is 0 Å². The number of benzene rings is 3. The van der Waals surface area contributed by atoms with Gasteiger partial charge in [0.25, 0.3) is 0 Å². The molecule has 3 aromatic carbocycles. The van der Waals surface area contributed by atoms with E-state index in [0.29, 0.717) is 47.3 Å². The van der Waals surface area contributed by atoms with E-state index in [4.69, 9.17) is 9.72 Å². The van der Waals surface area contributed by atoms with Crippen LogP contribution in [0.15, 0.2) is 48.7 Å². The second-order valence-electron chi connectivity index (χ2n) is 9.59. The summed E-state index contributed by atoms with van der Waals surface area (Å²) >= 11 is 0.368. The van der Waals surface area contributed by atoms with Crippen LogP contribution in [0, 0.1) is 26.6 Å². The fraction of sp³-hybridized carbons (Fsp3) is 0.300. The van der Waals surface area contributed by atoms with Gasteiger partial charge in [0.2, 0.25) is 0 Å². The first kappa shape index (κ1) is 24.6. The minimum atomic E-state index is -0.752. The number of aryl methyl sites for hydroxylation is 3. The number of fused-ring (bicyclic) bond motifs is 6. The first-order chi connectivity index (χ1) is 17.3. The van der Waals surface area contributed by atoms with Crippen molar-refractivity contribution in [2.45, 2.75) is 52.2 Å². The third-order valence-corrected chi connectivity index (χ3v) is 8.65.